The van der Waals surface area contributed by atoms with Crippen LogP contribution in [0, 0.1) is 0 Å². The summed E-state index contributed by atoms with van der Waals surface area (Å²) >= 11 is 0. The molecule has 30 heavy (non-hydrogen) atoms. The van der Waals surface area contributed by atoms with Gasteiger partial charge >= 0.3 is 0 Å². The van der Waals surface area contributed by atoms with Crippen LogP contribution in [0.3, 0.4) is 0 Å². The Balaban J connectivity index is 1.33. The van der Waals surface area contributed by atoms with Gasteiger partial charge in [0.25, 0.3) is 0 Å². The molecule has 0 spiro atoms. The number of ether oxygens (including phenoxy) is 2. The summed E-state index contributed by atoms with van der Waals surface area (Å²) in [5.74, 6) is 1.32. The van der Waals surface area contributed by atoms with E-state index in [0.29, 0.717) is 37.2 Å². The van der Waals surface area contributed by atoms with Gasteiger partial charge < -0.3 is 29.9 Å². The second kappa shape index (κ2) is 8.01. The molecule has 2 aromatic carbocycles. The number of piperazine rings is 1. The van der Waals surface area contributed by atoms with E-state index in [1.165, 1.54) is 5.69 Å². The van der Waals surface area contributed by atoms with Gasteiger partial charge in [0.2, 0.25) is 5.90 Å². The standard InChI is InChI=1S/C23H27N5O2/c1-26-9-11-27(12-10-26)18-5-7-19(8-6-18)28-16-25-23(21-14-29-15-22(21)28)30-20-4-2-3-17(24)13-20/h2-8,13H,9-12,14-16,24H2,1H3. The lowest BCUT2D eigenvalue weighted by Gasteiger charge is -2.34. The molecular weight excluding hydrogens is 378 g/mol. The summed E-state index contributed by atoms with van der Waals surface area (Å²) in [6.45, 7) is 5.92. The van der Waals surface area contributed by atoms with Crippen LogP contribution in [0.1, 0.15) is 0 Å². The van der Waals surface area contributed by atoms with Gasteiger partial charge in [0.15, 0.2) is 0 Å². The third-order valence-electron chi connectivity index (χ3n) is 5.88. The van der Waals surface area contributed by atoms with E-state index in [-0.39, 0.29) is 0 Å². The molecule has 1 saturated heterocycles. The predicted octanol–water partition coefficient (Wildman–Crippen LogP) is 2.56. The van der Waals surface area contributed by atoms with E-state index in [9.17, 15) is 0 Å². The van der Waals surface area contributed by atoms with Crippen molar-refractivity contribution < 1.29 is 9.47 Å². The molecule has 156 valence electrons. The average molecular weight is 406 g/mol. The van der Waals surface area contributed by atoms with Gasteiger partial charge in [-0.15, -0.1) is 0 Å². The first kappa shape index (κ1) is 19.0. The minimum absolute atomic E-state index is 0.506. The Labute approximate surface area is 177 Å². The van der Waals surface area contributed by atoms with Crippen LogP contribution in [0.4, 0.5) is 17.1 Å². The normalized spacial score (nSPS) is 19.7. The van der Waals surface area contributed by atoms with Crippen molar-refractivity contribution in [3.8, 4) is 5.75 Å². The first-order valence-electron chi connectivity index (χ1n) is 10.4. The molecule has 0 aliphatic carbocycles. The van der Waals surface area contributed by atoms with Crippen molar-refractivity contribution >= 4 is 23.0 Å². The molecule has 0 unspecified atom stereocenters. The fourth-order valence-electron chi connectivity index (χ4n) is 4.09. The van der Waals surface area contributed by atoms with Crippen LogP contribution in [0.2, 0.25) is 0 Å². The summed E-state index contributed by atoms with van der Waals surface area (Å²) in [7, 11) is 2.18. The van der Waals surface area contributed by atoms with Crippen LogP contribution in [0.5, 0.6) is 5.75 Å². The molecular formula is C23H27N5O2. The van der Waals surface area contributed by atoms with E-state index in [1.54, 1.807) is 0 Å². The number of hydrogen-bond acceptors (Lipinski definition) is 7. The monoisotopic (exact) mass is 405 g/mol. The molecule has 5 rings (SSSR count). The maximum atomic E-state index is 6.04. The number of benzene rings is 2. The van der Waals surface area contributed by atoms with Crippen LogP contribution in [-0.4, -0.2) is 63.9 Å². The second-order valence-electron chi connectivity index (χ2n) is 7.93. The highest BCUT2D eigenvalue weighted by Crippen LogP contribution is 2.31. The van der Waals surface area contributed by atoms with Gasteiger partial charge in [-0.1, -0.05) is 6.07 Å². The van der Waals surface area contributed by atoms with Gasteiger partial charge in [-0.25, -0.2) is 4.99 Å². The third kappa shape index (κ3) is 3.74. The number of nitrogens with zero attached hydrogens (tertiary/aromatic N) is 4. The maximum Gasteiger partial charge on any atom is 0.223 e. The molecule has 2 N–H and O–H groups in total. The van der Waals surface area contributed by atoms with Crippen molar-refractivity contribution in [2.24, 2.45) is 4.99 Å². The van der Waals surface area contributed by atoms with Crippen molar-refractivity contribution in [2.45, 2.75) is 0 Å². The van der Waals surface area contributed by atoms with Crippen LogP contribution >= 0.6 is 0 Å². The van der Waals surface area contributed by atoms with Gasteiger partial charge in [-0.2, -0.15) is 0 Å². The second-order valence-corrected chi connectivity index (χ2v) is 7.93. The minimum atomic E-state index is 0.506. The van der Waals surface area contributed by atoms with E-state index in [4.69, 9.17) is 20.2 Å². The van der Waals surface area contributed by atoms with Crippen LogP contribution in [0.15, 0.2) is 64.8 Å². The molecule has 0 aromatic heterocycles. The zero-order valence-corrected chi connectivity index (χ0v) is 17.3. The molecule has 1 fully saturated rings. The van der Waals surface area contributed by atoms with Crippen molar-refractivity contribution in [2.75, 3.05) is 68.6 Å². The largest absolute Gasteiger partial charge is 0.439 e. The molecule has 2 aromatic rings. The summed E-state index contributed by atoms with van der Waals surface area (Å²) in [5, 5.41) is 0. The molecule has 7 heteroatoms. The first-order valence-corrected chi connectivity index (χ1v) is 10.4. The van der Waals surface area contributed by atoms with Gasteiger partial charge in [-0.05, 0) is 43.4 Å². The SMILES string of the molecule is CN1CCN(c2ccc(N3CN=C(Oc4cccc(N)c4)C4=C3COC4)cc2)CC1. The molecule has 0 atom stereocenters. The van der Waals surface area contributed by atoms with Crippen LogP contribution in [0.25, 0.3) is 0 Å². The number of nitrogens with two attached hydrogens (primary N) is 1. The Bertz CT molecular complexity index is 977. The summed E-state index contributed by atoms with van der Waals surface area (Å²) in [5.41, 5.74) is 11.1. The Morgan fingerprint density at radius 1 is 0.967 bits per heavy atom. The highest BCUT2D eigenvalue weighted by atomic mass is 16.5. The minimum Gasteiger partial charge on any atom is -0.439 e. The zero-order chi connectivity index (χ0) is 20.5. The number of likely N-dealkylation sites (N-methyl/N-ethyl adjacent to an activating group) is 1. The lowest BCUT2D eigenvalue weighted by molar-refractivity contribution is 0.205. The van der Waals surface area contributed by atoms with Crippen LogP contribution in [-0.2, 0) is 4.74 Å². The summed E-state index contributed by atoms with van der Waals surface area (Å²) in [6.07, 6.45) is 0. The summed E-state index contributed by atoms with van der Waals surface area (Å²) in [6, 6.07) is 16.2. The predicted molar refractivity (Wildman–Crippen MR) is 120 cm³/mol. The highest BCUT2D eigenvalue weighted by Gasteiger charge is 2.30. The number of nitrogen functional groups attached to an aromatic ring is 1. The van der Waals surface area contributed by atoms with Crippen molar-refractivity contribution in [3.05, 3.63) is 59.8 Å². The zero-order valence-electron chi connectivity index (χ0n) is 17.3. The van der Waals surface area contributed by atoms with Gasteiger partial charge in [-0.3, -0.25) is 0 Å². The molecule has 3 heterocycles. The number of aliphatic imine (C=N–C) groups is 1. The molecule has 3 aliphatic heterocycles. The average Bonchev–Trinajstić information content (AvgIpc) is 3.25. The molecule has 0 radical (unpaired) electrons. The maximum absolute atomic E-state index is 6.04. The van der Waals surface area contributed by atoms with E-state index in [0.717, 1.165) is 43.1 Å². The Morgan fingerprint density at radius 2 is 1.73 bits per heavy atom. The van der Waals surface area contributed by atoms with Crippen molar-refractivity contribution in [3.63, 3.8) is 0 Å². The fraction of sp³-hybridized carbons (Fsp3) is 0.348. The fourth-order valence-corrected chi connectivity index (χ4v) is 4.09. The molecule has 0 amide bonds. The number of rotatable bonds is 3. The quantitative estimate of drug-likeness (QED) is 0.792. The van der Waals surface area contributed by atoms with E-state index >= 15 is 0 Å². The molecule has 0 bridgehead atoms. The topological polar surface area (TPSA) is 66.6 Å². The Morgan fingerprint density at radius 3 is 2.50 bits per heavy atom. The van der Waals surface area contributed by atoms with Crippen molar-refractivity contribution in [1.29, 1.82) is 0 Å². The number of anilines is 3. The summed E-state index contributed by atoms with van der Waals surface area (Å²) in [4.78, 5) is 11.7. The summed E-state index contributed by atoms with van der Waals surface area (Å²) < 4.78 is 11.8. The number of hydrogen-bond donors (Lipinski definition) is 1. The molecule has 3 aliphatic rings. The van der Waals surface area contributed by atoms with Crippen molar-refractivity contribution in [1.82, 2.24) is 4.90 Å². The molecule has 7 nitrogen and oxygen atoms in total. The van der Waals surface area contributed by atoms with Gasteiger partial charge in [0.05, 0.1) is 24.5 Å². The van der Waals surface area contributed by atoms with E-state index in [1.807, 2.05) is 24.3 Å². The highest BCUT2D eigenvalue weighted by molar-refractivity contribution is 5.98. The lowest BCUT2D eigenvalue weighted by Crippen LogP contribution is -2.44. The lowest BCUT2D eigenvalue weighted by atomic mass is 10.1. The van der Waals surface area contributed by atoms with Gasteiger partial charge in [0, 0.05) is 49.3 Å². The van der Waals surface area contributed by atoms with E-state index < -0.39 is 0 Å². The Kier molecular flexibility index (Phi) is 5.06. The Hall–Kier alpha value is -3.03. The smallest absolute Gasteiger partial charge is 0.223 e. The van der Waals surface area contributed by atoms with E-state index in [2.05, 4.69) is 46.0 Å². The van der Waals surface area contributed by atoms with Gasteiger partial charge in [0.1, 0.15) is 12.4 Å². The molecule has 0 saturated carbocycles. The van der Waals surface area contributed by atoms with Crippen LogP contribution < -0.4 is 20.3 Å². The third-order valence-corrected chi connectivity index (χ3v) is 5.88. The first-order chi connectivity index (χ1) is 14.7.